The summed E-state index contributed by atoms with van der Waals surface area (Å²) >= 11 is 0. The second kappa shape index (κ2) is 3.20. The predicted molar refractivity (Wildman–Crippen MR) is 41.7 cm³/mol. The number of hydrogen-bond donors (Lipinski definition) is 1. The molecule has 0 radical (unpaired) electrons. The Kier molecular flexibility index (Phi) is 2.44. The second-order valence-electron chi connectivity index (χ2n) is 2.35. The average molecular weight is 190 g/mol. The maximum atomic E-state index is 12.3. The van der Waals surface area contributed by atoms with Gasteiger partial charge in [-0.1, -0.05) is 12.1 Å². The SMILES string of the molecule is O=S(=O)(O)Cc1ccc(F)cc1. The van der Waals surface area contributed by atoms with E-state index >= 15 is 0 Å². The van der Waals surface area contributed by atoms with Crippen LogP contribution in [0.5, 0.6) is 0 Å². The van der Waals surface area contributed by atoms with Gasteiger partial charge in [-0.05, 0) is 17.7 Å². The summed E-state index contributed by atoms with van der Waals surface area (Å²) in [5.41, 5.74) is 0.360. The fourth-order valence-corrected chi connectivity index (χ4v) is 1.40. The van der Waals surface area contributed by atoms with E-state index in [2.05, 4.69) is 0 Å². The minimum absolute atomic E-state index is 0.360. The smallest absolute Gasteiger partial charge is 0.269 e. The van der Waals surface area contributed by atoms with Crippen molar-refractivity contribution in [1.82, 2.24) is 0 Å². The molecule has 0 unspecified atom stereocenters. The maximum absolute atomic E-state index is 12.3. The fraction of sp³-hybridized carbons (Fsp3) is 0.143. The van der Waals surface area contributed by atoms with Gasteiger partial charge in [0.25, 0.3) is 10.1 Å². The first-order chi connectivity index (χ1) is 5.47. The highest BCUT2D eigenvalue weighted by Crippen LogP contribution is 2.05. The van der Waals surface area contributed by atoms with E-state index in [9.17, 15) is 12.8 Å². The third kappa shape index (κ3) is 2.98. The molecule has 0 aromatic heterocycles. The quantitative estimate of drug-likeness (QED) is 0.713. The molecule has 1 rings (SSSR count). The highest BCUT2D eigenvalue weighted by atomic mass is 32.2. The van der Waals surface area contributed by atoms with Gasteiger partial charge >= 0.3 is 0 Å². The summed E-state index contributed by atoms with van der Waals surface area (Å²) in [4.78, 5) is 0. The third-order valence-corrected chi connectivity index (χ3v) is 1.96. The highest BCUT2D eigenvalue weighted by Gasteiger charge is 2.05. The van der Waals surface area contributed by atoms with Gasteiger partial charge in [0.05, 0.1) is 0 Å². The first-order valence-electron chi connectivity index (χ1n) is 3.17. The Bertz CT molecular complexity index is 355. The minimum Gasteiger partial charge on any atom is -0.285 e. The fourth-order valence-electron chi connectivity index (χ4n) is 0.791. The zero-order chi connectivity index (χ0) is 9.19. The molecule has 0 aliphatic carbocycles. The molecule has 3 nitrogen and oxygen atoms in total. The largest absolute Gasteiger partial charge is 0.285 e. The Morgan fingerprint density at radius 1 is 1.25 bits per heavy atom. The Morgan fingerprint density at radius 3 is 2.17 bits per heavy atom. The summed E-state index contributed by atoms with van der Waals surface area (Å²) in [5, 5.41) is 0. The van der Waals surface area contributed by atoms with Crippen LogP contribution < -0.4 is 0 Å². The van der Waals surface area contributed by atoms with Crippen LogP contribution in [0, 0.1) is 5.82 Å². The topological polar surface area (TPSA) is 54.4 Å². The van der Waals surface area contributed by atoms with Crippen molar-refractivity contribution >= 4 is 10.1 Å². The van der Waals surface area contributed by atoms with Crippen molar-refractivity contribution in [2.75, 3.05) is 0 Å². The van der Waals surface area contributed by atoms with Crippen LogP contribution in [0.25, 0.3) is 0 Å². The normalized spacial score (nSPS) is 11.5. The molecule has 0 fully saturated rings. The van der Waals surface area contributed by atoms with Crippen molar-refractivity contribution < 1.29 is 17.4 Å². The molecule has 5 heteroatoms. The molecule has 0 amide bonds. The van der Waals surface area contributed by atoms with Crippen LogP contribution in [-0.4, -0.2) is 13.0 Å². The summed E-state index contributed by atoms with van der Waals surface area (Å²) in [7, 11) is -4.01. The molecule has 0 aliphatic heterocycles. The van der Waals surface area contributed by atoms with E-state index in [1.807, 2.05) is 0 Å². The second-order valence-corrected chi connectivity index (χ2v) is 3.81. The Hall–Kier alpha value is -0.940. The molecule has 1 N–H and O–H groups in total. The molecule has 1 aromatic rings. The predicted octanol–water partition coefficient (Wildman–Crippen LogP) is 1.21. The van der Waals surface area contributed by atoms with Crippen molar-refractivity contribution in [1.29, 1.82) is 0 Å². The number of rotatable bonds is 2. The summed E-state index contributed by atoms with van der Waals surface area (Å²) < 4.78 is 41.4. The molecule has 0 aliphatic rings. The molecule has 0 heterocycles. The van der Waals surface area contributed by atoms with E-state index in [0.29, 0.717) is 5.56 Å². The van der Waals surface area contributed by atoms with E-state index in [-0.39, 0.29) is 0 Å². The first kappa shape index (κ1) is 9.15. The number of benzene rings is 1. The van der Waals surface area contributed by atoms with Crippen LogP contribution in [0.15, 0.2) is 24.3 Å². The molecule has 0 bridgehead atoms. The van der Waals surface area contributed by atoms with Crippen LogP contribution in [-0.2, 0) is 15.9 Å². The third-order valence-electron chi connectivity index (χ3n) is 1.26. The summed E-state index contributed by atoms with van der Waals surface area (Å²) in [6.45, 7) is 0. The number of halogens is 1. The lowest BCUT2D eigenvalue weighted by atomic mass is 10.2. The van der Waals surface area contributed by atoms with E-state index < -0.39 is 21.7 Å². The lowest BCUT2D eigenvalue weighted by Gasteiger charge is -1.96. The van der Waals surface area contributed by atoms with Gasteiger partial charge in [0.2, 0.25) is 0 Å². The van der Waals surface area contributed by atoms with Gasteiger partial charge in [-0.3, -0.25) is 4.55 Å². The maximum Gasteiger partial charge on any atom is 0.269 e. The zero-order valence-electron chi connectivity index (χ0n) is 6.07. The molecule has 0 atom stereocenters. The van der Waals surface area contributed by atoms with Crippen molar-refractivity contribution in [3.63, 3.8) is 0 Å². The van der Waals surface area contributed by atoms with Crippen LogP contribution in [0.1, 0.15) is 5.56 Å². The van der Waals surface area contributed by atoms with E-state index in [1.54, 1.807) is 0 Å². The van der Waals surface area contributed by atoms with Crippen LogP contribution >= 0.6 is 0 Å². The standard InChI is InChI=1S/C7H7FO3S/c8-7-3-1-6(2-4-7)5-12(9,10)11/h1-4H,5H2,(H,9,10,11). The lowest BCUT2D eigenvalue weighted by molar-refractivity contribution is 0.482. The molecule has 0 saturated heterocycles. The molecular weight excluding hydrogens is 183 g/mol. The zero-order valence-corrected chi connectivity index (χ0v) is 6.88. The minimum atomic E-state index is -4.01. The monoisotopic (exact) mass is 190 g/mol. The van der Waals surface area contributed by atoms with Crippen LogP contribution in [0.2, 0.25) is 0 Å². The first-order valence-corrected chi connectivity index (χ1v) is 4.78. The van der Waals surface area contributed by atoms with Crippen LogP contribution in [0.4, 0.5) is 4.39 Å². The summed E-state index contributed by atoms with van der Waals surface area (Å²) in [6, 6.07) is 4.90. The van der Waals surface area contributed by atoms with Gasteiger partial charge < -0.3 is 0 Å². The Morgan fingerprint density at radius 2 is 1.75 bits per heavy atom. The molecule has 0 spiro atoms. The van der Waals surface area contributed by atoms with Crippen LogP contribution in [0.3, 0.4) is 0 Å². The van der Waals surface area contributed by atoms with E-state index in [4.69, 9.17) is 4.55 Å². The van der Waals surface area contributed by atoms with Gasteiger partial charge in [0, 0.05) is 0 Å². The van der Waals surface area contributed by atoms with Crippen molar-refractivity contribution in [3.05, 3.63) is 35.6 Å². The molecule has 0 saturated carbocycles. The van der Waals surface area contributed by atoms with Crippen molar-refractivity contribution in [2.45, 2.75) is 5.75 Å². The van der Waals surface area contributed by atoms with Gasteiger partial charge in [0.1, 0.15) is 11.6 Å². The van der Waals surface area contributed by atoms with Crippen molar-refractivity contribution in [2.24, 2.45) is 0 Å². The van der Waals surface area contributed by atoms with Crippen molar-refractivity contribution in [3.8, 4) is 0 Å². The number of hydrogen-bond acceptors (Lipinski definition) is 2. The van der Waals surface area contributed by atoms with Gasteiger partial charge in [-0.25, -0.2) is 4.39 Å². The van der Waals surface area contributed by atoms with Gasteiger partial charge in [0.15, 0.2) is 0 Å². The molecule has 1 aromatic carbocycles. The average Bonchev–Trinajstić information content (AvgIpc) is 1.91. The summed E-state index contributed by atoms with van der Waals surface area (Å²) in [6.07, 6.45) is 0. The highest BCUT2D eigenvalue weighted by molar-refractivity contribution is 7.85. The molecule has 66 valence electrons. The molecule has 12 heavy (non-hydrogen) atoms. The lowest BCUT2D eigenvalue weighted by Crippen LogP contribution is -2.01. The van der Waals surface area contributed by atoms with E-state index in [1.165, 1.54) is 12.1 Å². The summed E-state index contributed by atoms with van der Waals surface area (Å²) in [5.74, 6) is -0.915. The van der Waals surface area contributed by atoms with Gasteiger partial charge in [-0.15, -0.1) is 0 Å². The Labute approximate surface area is 69.6 Å². The Balaban J connectivity index is 2.85. The van der Waals surface area contributed by atoms with Gasteiger partial charge in [-0.2, -0.15) is 8.42 Å². The molecular formula is C7H7FO3S. The van der Waals surface area contributed by atoms with E-state index in [0.717, 1.165) is 12.1 Å².